The zero-order valence-electron chi connectivity index (χ0n) is 14.5. The lowest BCUT2D eigenvalue weighted by Crippen LogP contribution is -2.24. The zero-order chi connectivity index (χ0) is 19.3. The molecule has 0 atom stereocenters. The number of nitrogens with two attached hydrogens (primary N) is 2. The van der Waals surface area contributed by atoms with Gasteiger partial charge in [-0.05, 0) is 56.1 Å². The molecule has 8 heteroatoms. The molecule has 0 aromatic heterocycles. The van der Waals surface area contributed by atoms with Crippen molar-refractivity contribution in [2.24, 2.45) is 16.5 Å². The van der Waals surface area contributed by atoms with E-state index in [2.05, 4.69) is 4.99 Å². The Morgan fingerprint density at radius 3 is 2.54 bits per heavy atom. The number of likely N-dealkylation sites (N-methyl/N-ethyl adjacent to an activating group) is 1. The number of guanidine groups is 1. The van der Waals surface area contributed by atoms with Gasteiger partial charge >= 0.3 is 0 Å². The first-order chi connectivity index (χ1) is 12.3. The molecule has 0 unspecified atom stereocenters. The number of nitrogens with zero attached hydrogens (tertiary/aromatic N) is 2. The van der Waals surface area contributed by atoms with Gasteiger partial charge in [-0.3, -0.25) is 4.79 Å². The first-order valence-electron chi connectivity index (χ1n) is 7.78. The molecule has 0 spiro atoms. The molecule has 1 amide bonds. The molecule has 4 N–H and O–H groups in total. The lowest BCUT2D eigenvalue weighted by atomic mass is 10.0. The number of amides is 1. The molecule has 2 aromatic carbocycles. The average Bonchev–Trinajstić information content (AvgIpc) is 2.56. The maximum absolute atomic E-state index is 12.3. The molecule has 2 aromatic rings. The number of halogens is 2. The maximum atomic E-state index is 12.3. The Morgan fingerprint density at radius 1 is 1.15 bits per heavy atom. The van der Waals surface area contributed by atoms with Crippen molar-refractivity contribution in [1.29, 1.82) is 0 Å². The highest BCUT2D eigenvalue weighted by atomic mass is 35.5. The van der Waals surface area contributed by atoms with Gasteiger partial charge in [-0.25, -0.2) is 0 Å². The topological polar surface area (TPSA) is 93.9 Å². The van der Waals surface area contributed by atoms with Crippen molar-refractivity contribution in [2.75, 3.05) is 27.2 Å². The number of carbonyl (C=O) groups is 1. The summed E-state index contributed by atoms with van der Waals surface area (Å²) in [5.41, 5.74) is 12.2. The van der Waals surface area contributed by atoms with Gasteiger partial charge in [0.05, 0.1) is 0 Å². The van der Waals surface area contributed by atoms with Gasteiger partial charge in [-0.2, -0.15) is 4.99 Å². The van der Waals surface area contributed by atoms with Gasteiger partial charge in [-0.1, -0.05) is 23.2 Å². The Labute approximate surface area is 162 Å². The van der Waals surface area contributed by atoms with Gasteiger partial charge in [0.1, 0.15) is 12.4 Å². The summed E-state index contributed by atoms with van der Waals surface area (Å²) in [5.74, 6) is -0.367. The molecule has 0 saturated heterocycles. The first-order valence-corrected chi connectivity index (χ1v) is 8.54. The Balaban J connectivity index is 2.47. The molecule has 0 aliphatic carbocycles. The van der Waals surface area contributed by atoms with Gasteiger partial charge in [-0.15, -0.1) is 0 Å². The first kappa shape index (κ1) is 20.0. The summed E-state index contributed by atoms with van der Waals surface area (Å²) < 4.78 is 5.76. The highest BCUT2D eigenvalue weighted by Gasteiger charge is 2.13. The quantitative estimate of drug-likeness (QED) is 0.579. The largest absolute Gasteiger partial charge is 0.492 e. The second-order valence-electron chi connectivity index (χ2n) is 5.86. The van der Waals surface area contributed by atoms with E-state index < -0.39 is 5.91 Å². The van der Waals surface area contributed by atoms with Crippen molar-refractivity contribution in [3.63, 3.8) is 0 Å². The molecule has 26 heavy (non-hydrogen) atoms. The third-order valence-electron chi connectivity index (χ3n) is 3.43. The van der Waals surface area contributed by atoms with E-state index in [1.165, 1.54) is 0 Å². The molecule has 2 rings (SSSR count). The van der Waals surface area contributed by atoms with Gasteiger partial charge in [0.25, 0.3) is 5.91 Å². The van der Waals surface area contributed by atoms with Crippen LogP contribution in [0.4, 0.5) is 0 Å². The number of ether oxygens (including phenoxy) is 1. The molecule has 0 heterocycles. The number of hydrogen-bond donors (Lipinski definition) is 2. The predicted molar refractivity (Wildman–Crippen MR) is 106 cm³/mol. The van der Waals surface area contributed by atoms with Crippen molar-refractivity contribution in [1.82, 2.24) is 4.90 Å². The third-order valence-corrected chi connectivity index (χ3v) is 4.00. The van der Waals surface area contributed by atoms with Crippen LogP contribution >= 0.6 is 23.2 Å². The molecule has 0 aliphatic heterocycles. The summed E-state index contributed by atoms with van der Waals surface area (Å²) in [6.45, 7) is 1.18. The predicted octanol–water partition coefficient (Wildman–Crippen LogP) is 3.01. The number of benzene rings is 2. The molecule has 0 saturated carbocycles. The summed E-state index contributed by atoms with van der Waals surface area (Å²) in [6, 6.07) is 10.1. The Hall–Kier alpha value is -2.28. The van der Waals surface area contributed by atoms with Crippen LogP contribution in [0, 0.1) is 0 Å². The Kier molecular flexibility index (Phi) is 6.85. The van der Waals surface area contributed by atoms with Crippen molar-refractivity contribution < 1.29 is 9.53 Å². The summed E-state index contributed by atoms with van der Waals surface area (Å²) >= 11 is 12.4. The summed E-state index contributed by atoms with van der Waals surface area (Å²) in [5, 5.41) is 1.03. The minimum Gasteiger partial charge on any atom is -0.492 e. The van der Waals surface area contributed by atoms with Crippen LogP contribution in [-0.2, 0) is 0 Å². The maximum Gasteiger partial charge on any atom is 0.280 e. The fraction of sp³-hybridized carbons (Fsp3) is 0.222. The normalized spacial score (nSPS) is 10.7. The lowest BCUT2D eigenvalue weighted by molar-refractivity contribution is 0.100. The van der Waals surface area contributed by atoms with E-state index >= 15 is 0 Å². The highest BCUT2D eigenvalue weighted by molar-refractivity contribution is 6.35. The fourth-order valence-electron chi connectivity index (χ4n) is 2.21. The van der Waals surface area contributed by atoms with Crippen LogP contribution < -0.4 is 16.2 Å². The molecule has 0 bridgehead atoms. The molecule has 138 valence electrons. The fourth-order valence-corrected chi connectivity index (χ4v) is 2.61. The molecule has 0 radical (unpaired) electrons. The number of aliphatic imine (C=N–C) groups is 1. The number of hydrogen-bond acceptors (Lipinski definition) is 3. The average molecular weight is 395 g/mol. The van der Waals surface area contributed by atoms with E-state index in [1.807, 2.05) is 19.0 Å². The van der Waals surface area contributed by atoms with E-state index in [0.29, 0.717) is 33.5 Å². The summed E-state index contributed by atoms with van der Waals surface area (Å²) in [6.07, 6.45) is 0. The molecular weight excluding hydrogens is 375 g/mol. The van der Waals surface area contributed by atoms with Gasteiger partial charge in [0.2, 0.25) is 0 Å². The van der Waals surface area contributed by atoms with E-state index in [9.17, 15) is 4.79 Å². The van der Waals surface area contributed by atoms with Crippen LogP contribution in [0.2, 0.25) is 10.0 Å². The Morgan fingerprint density at radius 2 is 1.88 bits per heavy atom. The third kappa shape index (κ3) is 5.62. The minimum absolute atomic E-state index is 0.284. The lowest BCUT2D eigenvalue weighted by Gasteiger charge is -2.14. The van der Waals surface area contributed by atoms with Crippen LogP contribution in [0.3, 0.4) is 0 Å². The van der Waals surface area contributed by atoms with Crippen LogP contribution in [-0.4, -0.2) is 44.0 Å². The van der Waals surface area contributed by atoms with Crippen LogP contribution in [0.5, 0.6) is 5.75 Å². The number of rotatable bonds is 6. The van der Waals surface area contributed by atoms with Crippen molar-refractivity contribution in [3.05, 3.63) is 52.0 Å². The monoisotopic (exact) mass is 394 g/mol. The SMILES string of the molecule is CN(C)CCOc1cc(C(=O)N=C(N)N)cc(-c2cc(Cl)ccc2Cl)c1. The van der Waals surface area contributed by atoms with Crippen molar-refractivity contribution in [3.8, 4) is 16.9 Å². The standard InChI is InChI=1S/C18H20Cl2N4O2/c1-24(2)5-6-26-14-8-11(15-10-13(19)3-4-16(15)20)7-12(9-14)17(25)23-18(21)22/h3-4,7-10H,5-6H2,1-2H3,(H4,21,22,23,25). The van der Waals surface area contributed by atoms with Crippen molar-refractivity contribution in [2.45, 2.75) is 0 Å². The van der Waals surface area contributed by atoms with E-state index in [-0.39, 0.29) is 11.5 Å². The second kappa shape index (κ2) is 8.89. The summed E-state index contributed by atoms with van der Waals surface area (Å²) in [4.78, 5) is 17.8. The van der Waals surface area contributed by atoms with E-state index in [0.717, 1.165) is 6.54 Å². The van der Waals surface area contributed by atoms with Crippen LogP contribution in [0.25, 0.3) is 11.1 Å². The molecule has 0 fully saturated rings. The molecular formula is C18H20Cl2N4O2. The van der Waals surface area contributed by atoms with Gasteiger partial charge in [0, 0.05) is 27.7 Å². The minimum atomic E-state index is -0.567. The van der Waals surface area contributed by atoms with Gasteiger partial charge < -0.3 is 21.1 Å². The van der Waals surface area contributed by atoms with E-state index in [4.69, 9.17) is 39.4 Å². The van der Waals surface area contributed by atoms with Gasteiger partial charge in [0.15, 0.2) is 5.96 Å². The zero-order valence-corrected chi connectivity index (χ0v) is 16.0. The smallest absolute Gasteiger partial charge is 0.280 e. The second-order valence-corrected chi connectivity index (χ2v) is 6.71. The summed E-state index contributed by atoms with van der Waals surface area (Å²) in [7, 11) is 3.89. The van der Waals surface area contributed by atoms with Crippen LogP contribution in [0.1, 0.15) is 10.4 Å². The Bertz CT molecular complexity index is 834. The highest BCUT2D eigenvalue weighted by Crippen LogP contribution is 2.33. The van der Waals surface area contributed by atoms with E-state index in [1.54, 1.807) is 36.4 Å². The van der Waals surface area contributed by atoms with Crippen LogP contribution in [0.15, 0.2) is 41.4 Å². The number of carbonyl (C=O) groups excluding carboxylic acids is 1. The van der Waals surface area contributed by atoms with Crippen molar-refractivity contribution >= 4 is 35.1 Å². The molecule has 0 aliphatic rings. The molecule has 6 nitrogen and oxygen atoms in total.